The average Bonchev–Trinajstić information content (AvgIpc) is 3.06. The Balaban J connectivity index is 0.000000191. The first-order chi connectivity index (χ1) is 21.1. The van der Waals surface area contributed by atoms with E-state index in [1.54, 1.807) is 12.4 Å². The van der Waals surface area contributed by atoms with Crippen molar-refractivity contribution < 1.29 is 20.1 Å². The van der Waals surface area contributed by atoms with E-state index < -0.39 is 0 Å². The maximum Gasteiger partial charge on any atom is 3.00 e. The molecule has 0 atom stereocenters. The second-order valence-corrected chi connectivity index (χ2v) is 12.4. The summed E-state index contributed by atoms with van der Waals surface area (Å²) in [5, 5.41) is 0. The molecule has 3 heterocycles. The van der Waals surface area contributed by atoms with E-state index in [9.17, 15) is 0 Å². The third kappa shape index (κ3) is 11.0. The molecule has 3 aromatic heterocycles. The standard InChI is InChI=1S/C19H24N.2C11H8N.Ir/c1-18(2,3)15-9-7-8-14(12-15)17-13-16(10-11-20-17)19(4,5)6;2*1-2-6-10(7-3-1)11-8-4-5-9-12-11;/h7,9-13H,1-6H3;2*1-6,8-9H;/q3*-1;+3. The maximum atomic E-state index is 4.52. The zero-order chi connectivity index (χ0) is 31.4. The molecule has 228 valence electrons. The van der Waals surface area contributed by atoms with Crippen molar-refractivity contribution in [2.24, 2.45) is 0 Å². The third-order valence-electron chi connectivity index (χ3n) is 6.87. The zero-order valence-corrected chi connectivity index (χ0v) is 29.3. The molecule has 0 saturated carbocycles. The molecular formula is C41H40IrN3. The van der Waals surface area contributed by atoms with E-state index in [-0.39, 0.29) is 30.9 Å². The van der Waals surface area contributed by atoms with Crippen LogP contribution in [0.1, 0.15) is 52.7 Å². The first-order valence-electron chi connectivity index (χ1n) is 14.9. The largest absolute Gasteiger partial charge is 3.00 e. The molecule has 0 aliphatic heterocycles. The number of hydrogen-bond acceptors (Lipinski definition) is 3. The number of pyridine rings is 3. The van der Waals surface area contributed by atoms with Gasteiger partial charge in [0.25, 0.3) is 0 Å². The Kier molecular flexibility index (Phi) is 13.1. The summed E-state index contributed by atoms with van der Waals surface area (Å²) >= 11 is 0. The minimum atomic E-state index is 0. The molecule has 0 fully saturated rings. The van der Waals surface area contributed by atoms with Crippen LogP contribution in [-0.2, 0) is 30.9 Å². The van der Waals surface area contributed by atoms with Gasteiger partial charge in [-0.1, -0.05) is 71.9 Å². The smallest absolute Gasteiger partial charge is 0.305 e. The van der Waals surface area contributed by atoms with Crippen molar-refractivity contribution >= 4 is 0 Å². The van der Waals surface area contributed by atoms with E-state index in [0.717, 1.165) is 33.8 Å². The molecule has 0 bridgehead atoms. The predicted molar refractivity (Wildman–Crippen MR) is 183 cm³/mol. The minimum Gasteiger partial charge on any atom is -0.305 e. The Bertz CT molecular complexity index is 1490. The second-order valence-electron chi connectivity index (χ2n) is 12.4. The Morgan fingerprint density at radius 3 is 1.33 bits per heavy atom. The fourth-order valence-corrected chi connectivity index (χ4v) is 4.27. The fourth-order valence-electron chi connectivity index (χ4n) is 4.27. The molecule has 0 spiro atoms. The van der Waals surface area contributed by atoms with Gasteiger partial charge in [-0.25, -0.2) is 0 Å². The van der Waals surface area contributed by atoms with Crippen molar-refractivity contribution in [3.8, 4) is 33.8 Å². The molecule has 0 amide bonds. The van der Waals surface area contributed by atoms with E-state index in [1.165, 1.54) is 11.1 Å². The van der Waals surface area contributed by atoms with Gasteiger partial charge in [0.1, 0.15) is 0 Å². The number of nitrogens with zero attached hydrogens (tertiary/aromatic N) is 3. The quantitative estimate of drug-likeness (QED) is 0.168. The van der Waals surface area contributed by atoms with Crippen LogP contribution in [0, 0.1) is 18.2 Å². The molecule has 3 nitrogen and oxygen atoms in total. The molecule has 0 unspecified atom stereocenters. The van der Waals surface area contributed by atoms with Crippen LogP contribution in [0.4, 0.5) is 0 Å². The summed E-state index contributed by atoms with van der Waals surface area (Å²) in [5.41, 5.74) is 9.00. The summed E-state index contributed by atoms with van der Waals surface area (Å²) in [6, 6.07) is 47.6. The molecule has 0 aliphatic carbocycles. The van der Waals surface area contributed by atoms with Gasteiger partial charge in [0.2, 0.25) is 0 Å². The number of aromatic nitrogens is 3. The zero-order valence-electron chi connectivity index (χ0n) is 26.9. The van der Waals surface area contributed by atoms with Gasteiger partial charge in [0.05, 0.1) is 0 Å². The summed E-state index contributed by atoms with van der Waals surface area (Å²) in [7, 11) is 0. The molecular weight excluding hydrogens is 727 g/mol. The van der Waals surface area contributed by atoms with Crippen LogP contribution in [0.3, 0.4) is 0 Å². The maximum absolute atomic E-state index is 4.52. The van der Waals surface area contributed by atoms with Gasteiger partial charge in [-0.05, 0) is 51.7 Å². The third-order valence-corrected chi connectivity index (χ3v) is 6.87. The summed E-state index contributed by atoms with van der Waals surface area (Å²) in [5.74, 6) is 0. The second kappa shape index (κ2) is 16.7. The van der Waals surface area contributed by atoms with Gasteiger partial charge in [-0.2, -0.15) is 0 Å². The Morgan fingerprint density at radius 1 is 0.422 bits per heavy atom. The van der Waals surface area contributed by atoms with Crippen LogP contribution in [0.25, 0.3) is 33.8 Å². The Morgan fingerprint density at radius 2 is 0.889 bits per heavy atom. The summed E-state index contributed by atoms with van der Waals surface area (Å²) < 4.78 is 0. The van der Waals surface area contributed by atoms with E-state index in [1.807, 2.05) is 97.2 Å². The van der Waals surface area contributed by atoms with Gasteiger partial charge >= 0.3 is 20.1 Å². The van der Waals surface area contributed by atoms with Crippen LogP contribution < -0.4 is 0 Å². The van der Waals surface area contributed by atoms with Crippen LogP contribution in [-0.4, -0.2) is 15.0 Å². The fraction of sp³-hybridized carbons (Fsp3) is 0.195. The monoisotopic (exact) mass is 767 g/mol. The number of benzene rings is 3. The van der Waals surface area contributed by atoms with Gasteiger partial charge < -0.3 is 15.0 Å². The van der Waals surface area contributed by atoms with Crippen LogP contribution in [0.2, 0.25) is 0 Å². The summed E-state index contributed by atoms with van der Waals surface area (Å²) in [6.45, 7) is 13.4. The molecule has 3 aromatic carbocycles. The number of rotatable bonds is 3. The molecule has 0 N–H and O–H groups in total. The van der Waals surface area contributed by atoms with Crippen molar-refractivity contribution in [3.05, 3.63) is 163 Å². The SMILES string of the molecule is CC(C)(C)c1cc[c-]c(-c2cc(C(C)(C)C)ccn2)c1.[Ir+3].[c-]1ccccc1-c1ccccn1.[c-]1ccccc1-c1ccccn1. The molecule has 4 heteroatoms. The molecule has 6 rings (SSSR count). The molecule has 0 radical (unpaired) electrons. The molecule has 0 saturated heterocycles. The van der Waals surface area contributed by atoms with E-state index in [0.29, 0.717) is 0 Å². The molecule has 0 aliphatic rings. The van der Waals surface area contributed by atoms with Crippen molar-refractivity contribution in [1.82, 2.24) is 15.0 Å². The van der Waals surface area contributed by atoms with Gasteiger partial charge in [0.15, 0.2) is 0 Å². The van der Waals surface area contributed by atoms with E-state index >= 15 is 0 Å². The van der Waals surface area contributed by atoms with Crippen LogP contribution in [0.5, 0.6) is 0 Å². The Labute approximate surface area is 283 Å². The van der Waals surface area contributed by atoms with Gasteiger partial charge in [-0.15, -0.1) is 107 Å². The summed E-state index contributed by atoms with van der Waals surface area (Å²) in [4.78, 5) is 13.0. The van der Waals surface area contributed by atoms with Crippen molar-refractivity contribution in [2.45, 2.75) is 52.4 Å². The van der Waals surface area contributed by atoms with E-state index in [4.69, 9.17) is 0 Å². The van der Waals surface area contributed by atoms with Gasteiger partial charge in [0, 0.05) is 18.6 Å². The first-order valence-corrected chi connectivity index (χ1v) is 14.9. The van der Waals surface area contributed by atoms with Crippen molar-refractivity contribution in [1.29, 1.82) is 0 Å². The van der Waals surface area contributed by atoms with Crippen LogP contribution >= 0.6 is 0 Å². The van der Waals surface area contributed by atoms with Crippen LogP contribution in [0.15, 0.2) is 134 Å². The van der Waals surface area contributed by atoms with Crippen molar-refractivity contribution in [2.75, 3.05) is 0 Å². The number of hydrogen-bond donors (Lipinski definition) is 0. The first kappa shape index (κ1) is 35.2. The topological polar surface area (TPSA) is 38.7 Å². The van der Waals surface area contributed by atoms with Gasteiger partial charge in [-0.3, -0.25) is 0 Å². The normalized spacial score (nSPS) is 10.7. The Hall–Kier alpha value is -4.24. The van der Waals surface area contributed by atoms with Crippen molar-refractivity contribution in [3.63, 3.8) is 0 Å². The minimum absolute atomic E-state index is 0. The average molecular weight is 767 g/mol. The van der Waals surface area contributed by atoms with E-state index in [2.05, 4.69) is 99.0 Å². The molecule has 45 heavy (non-hydrogen) atoms. The molecule has 6 aromatic rings. The predicted octanol–water partition coefficient (Wildman–Crippen LogP) is 10.2. The summed E-state index contributed by atoms with van der Waals surface area (Å²) in [6.07, 6.45) is 5.47.